The molecule has 0 radical (unpaired) electrons. The second-order valence-corrected chi connectivity index (χ2v) is 2.76. The van der Waals surface area contributed by atoms with Crippen LogP contribution >= 0.6 is 0 Å². The molecule has 0 bridgehead atoms. The van der Waals surface area contributed by atoms with Crippen molar-refractivity contribution in [2.45, 2.75) is 0 Å². The lowest BCUT2D eigenvalue weighted by molar-refractivity contribution is 0.466. The van der Waals surface area contributed by atoms with E-state index < -0.39 is 0 Å². The van der Waals surface area contributed by atoms with Crippen LogP contribution in [0.25, 0.3) is 11.3 Å². The molecular weight excluding hydrogens is 180 g/mol. The number of aromatic nitrogens is 2. The molecule has 2 aromatic rings. The van der Waals surface area contributed by atoms with Crippen molar-refractivity contribution >= 4 is 0 Å². The van der Waals surface area contributed by atoms with E-state index in [-0.39, 0.29) is 11.5 Å². The minimum absolute atomic E-state index is 0.00139. The van der Waals surface area contributed by atoms with Crippen molar-refractivity contribution in [2.24, 2.45) is 0 Å². The molecule has 0 saturated heterocycles. The fourth-order valence-corrected chi connectivity index (χ4v) is 1.19. The SMILES string of the molecule is Oc1cnccc1-c1ncccc1O. The van der Waals surface area contributed by atoms with Gasteiger partial charge in [0.1, 0.15) is 17.2 Å². The number of pyridine rings is 2. The molecule has 4 heteroatoms. The first kappa shape index (κ1) is 8.50. The van der Waals surface area contributed by atoms with Crippen LogP contribution < -0.4 is 0 Å². The van der Waals surface area contributed by atoms with Crippen LogP contribution in [0.3, 0.4) is 0 Å². The summed E-state index contributed by atoms with van der Waals surface area (Å²) in [4.78, 5) is 7.71. The second kappa shape index (κ2) is 3.33. The third-order valence-corrected chi connectivity index (χ3v) is 1.84. The zero-order valence-electron chi connectivity index (χ0n) is 7.25. The van der Waals surface area contributed by atoms with Crippen LogP contribution in [0.2, 0.25) is 0 Å². The predicted octanol–water partition coefficient (Wildman–Crippen LogP) is 1.55. The van der Waals surface area contributed by atoms with E-state index in [1.807, 2.05) is 0 Å². The standard InChI is InChI=1S/C10H8N2O2/c13-8-2-1-4-12-10(8)7-3-5-11-6-9(7)14/h1-6,13-14H. The minimum Gasteiger partial charge on any atom is -0.506 e. The first-order chi connectivity index (χ1) is 6.79. The Morgan fingerprint density at radius 3 is 2.57 bits per heavy atom. The highest BCUT2D eigenvalue weighted by Crippen LogP contribution is 2.31. The summed E-state index contributed by atoms with van der Waals surface area (Å²) in [7, 11) is 0. The largest absolute Gasteiger partial charge is 0.506 e. The van der Waals surface area contributed by atoms with E-state index in [1.165, 1.54) is 18.5 Å². The monoisotopic (exact) mass is 188 g/mol. The van der Waals surface area contributed by atoms with Gasteiger partial charge in [0.25, 0.3) is 0 Å². The summed E-state index contributed by atoms with van der Waals surface area (Å²) in [6, 6.07) is 4.73. The molecule has 0 spiro atoms. The maximum atomic E-state index is 9.49. The Kier molecular flexibility index (Phi) is 2.02. The van der Waals surface area contributed by atoms with Gasteiger partial charge in [-0.2, -0.15) is 0 Å². The molecule has 2 N–H and O–H groups in total. The molecule has 2 heterocycles. The Morgan fingerprint density at radius 1 is 1.00 bits per heavy atom. The van der Waals surface area contributed by atoms with E-state index in [9.17, 15) is 10.2 Å². The average molecular weight is 188 g/mol. The average Bonchev–Trinajstić information content (AvgIpc) is 2.20. The van der Waals surface area contributed by atoms with Gasteiger partial charge in [0.2, 0.25) is 0 Å². The van der Waals surface area contributed by atoms with Crippen molar-refractivity contribution in [3.63, 3.8) is 0 Å². The predicted molar refractivity (Wildman–Crippen MR) is 50.8 cm³/mol. The summed E-state index contributed by atoms with van der Waals surface area (Å²) in [5.41, 5.74) is 0.825. The quantitative estimate of drug-likeness (QED) is 0.712. The minimum atomic E-state index is 0.00139. The molecular formula is C10H8N2O2. The summed E-state index contributed by atoms with van der Waals surface area (Å²) in [5.74, 6) is 0.0375. The van der Waals surface area contributed by atoms with Crippen molar-refractivity contribution in [3.8, 4) is 22.8 Å². The zero-order valence-corrected chi connectivity index (χ0v) is 7.25. The highest BCUT2D eigenvalue weighted by molar-refractivity contribution is 5.70. The molecule has 0 fully saturated rings. The lowest BCUT2D eigenvalue weighted by atomic mass is 10.1. The molecule has 2 rings (SSSR count). The molecule has 4 nitrogen and oxygen atoms in total. The first-order valence-corrected chi connectivity index (χ1v) is 4.06. The van der Waals surface area contributed by atoms with Crippen LogP contribution in [0, 0.1) is 0 Å². The third kappa shape index (κ3) is 1.37. The third-order valence-electron chi connectivity index (χ3n) is 1.84. The fourth-order valence-electron chi connectivity index (χ4n) is 1.19. The van der Waals surface area contributed by atoms with Gasteiger partial charge in [-0.25, -0.2) is 0 Å². The Labute approximate surface area is 80.5 Å². The van der Waals surface area contributed by atoms with Gasteiger partial charge in [0, 0.05) is 18.0 Å². The van der Waals surface area contributed by atoms with E-state index >= 15 is 0 Å². The Hall–Kier alpha value is -2.10. The highest BCUT2D eigenvalue weighted by atomic mass is 16.3. The smallest absolute Gasteiger partial charge is 0.143 e. The van der Waals surface area contributed by atoms with Gasteiger partial charge in [-0.05, 0) is 18.2 Å². The van der Waals surface area contributed by atoms with Gasteiger partial charge >= 0.3 is 0 Å². The Balaban J connectivity index is 2.61. The summed E-state index contributed by atoms with van der Waals surface area (Å²) >= 11 is 0. The molecule has 0 aliphatic rings. The van der Waals surface area contributed by atoms with Crippen LogP contribution in [-0.2, 0) is 0 Å². The van der Waals surface area contributed by atoms with Crippen molar-refractivity contribution in [1.82, 2.24) is 9.97 Å². The molecule has 0 unspecified atom stereocenters. The summed E-state index contributed by atoms with van der Waals surface area (Å²) < 4.78 is 0. The van der Waals surface area contributed by atoms with Crippen molar-refractivity contribution in [2.75, 3.05) is 0 Å². The molecule has 0 aliphatic carbocycles. The molecule has 2 aromatic heterocycles. The van der Waals surface area contributed by atoms with E-state index in [1.54, 1.807) is 18.3 Å². The number of aromatic hydroxyl groups is 2. The summed E-state index contributed by atoms with van der Waals surface area (Å²) in [6.07, 6.45) is 4.39. The van der Waals surface area contributed by atoms with Gasteiger partial charge in [0.05, 0.1) is 6.20 Å². The molecule has 0 aromatic carbocycles. The number of hydrogen-bond donors (Lipinski definition) is 2. The molecule has 0 saturated carbocycles. The van der Waals surface area contributed by atoms with Crippen LogP contribution in [0.1, 0.15) is 0 Å². The maximum absolute atomic E-state index is 9.49. The maximum Gasteiger partial charge on any atom is 0.143 e. The molecule has 0 amide bonds. The van der Waals surface area contributed by atoms with Crippen LogP contribution in [0.15, 0.2) is 36.8 Å². The zero-order chi connectivity index (χ0) is 9.97. The molecule has 70 valence electrons. The summed E-state index contributed by atoms with van der Waals surface area (Å²) in [6.45, 7) is 0. The summed E-state index contributed by atoms with van der Waals surface area (Å²) in [5, 5.41) is 19.0. The van der Waals surface area contributed by atoms with Gasteiger partial charge < -0.3 is 10.2 Å². The van der Waals surface area contributed by atoms with Crippen molar-refractivity contribution < 1.29 is 10.2 Å². The van der Waals surface area contributed by atoms with E-state index in [0.717, 1.165) is 0 Å². The molecule has 14 heavy (non-hydrogen) atoms. The highest BCUT2D eigenvalue weighted by Gasteiger charge is 2.08. The van der Waals surface area contributed by atoms with Gasteiger partial charge in [0.15, 0.2) is 0 Å². The van der Waals surface area contributed by atoms with Gasteiger partial charge in [-0.15, -0.1) is 0 Å². The number of nitrogens with zero attached hydrogens (tertiary/aromatic N) is 2. The van der Waals surface area contributed by atoms with Crippen molar-refractivity contribution in [3.05, 3.63) is 36.8 Å². The normalized spacial score (nSPS) is 10.0. The van der Waals surface area contributed by atoms with E-state index in [2.05, 4.69) is 9.97 Å². The van der Waals surface area contributed by atoms with Crippen LogP contribution in [-0.4, -0.2) is 20.2 Å². The Morgan fingerprint density at radius 2 is 1.86 bits per heavy atom. The fraction of sp³-hybridized carbons (Fsp3) is 0. The van der Waals surface area contributed by atoms with Gasteiger partial charge in [-0.1, -0.05) is 0 Å². The topological polar surface area (TPSA) is 66.2 Å². The van der Waals surface area contributed by atoms with Crippen LogP contribution in [0.5, 0.6) is 11.5 Å². The number of rotatable bonds is 1. The van der Waals surface area contributed by atoms with Gasteiger partial charge in [-0.3, -0.25) is 9.97 Å². The van der Waals surface area contributed by atoms with E-state index in [0.29, 0.717) is 11.3 Å². The van der Waals surface area contributed by atoms with Crippen LogP contribution in [0.4, 0.5) is 0 Å². The Bertz CT molecular complexity index is 414. The first-order valence-electron chi connectivity index (χ1n) is 4.06. The molecule has 0 aliphatic heterocycles. The second-order valence-electron chi connectivity index (χ2n) is 2.76. The number of hydrogen-bond acceptors (Lipinski definition) is 4. The van der Waals surface area contributed by atoms with Crippen molar-refractivity contribution in [1.29, 1.82) is 0 Å². The lowest BCUT2D eigenvalue weighted by Crippen LogP contribution is -1.84. The molecule has 0 atom stereocenters. The van der Waals surface area contributed by atoms with E-state index in [4.69, 9.17) is 0 Å². The lowest BCUT2D eigenvalue weighted by Gasteiger charge is -2.04.